The van der Waals surface area contributed by atoms with Crippen molar-refractivity contribution in [3.8, 4) is 0 Å². The summed E-state index contributed by atoms with van der Waals surface area (Å²) in [6.45, 7) is 4.28. The van der Waals surface area contributed by atoms with Gasteiger partial charge in [0.15, 0.2) is 0 Å². The van der Waals surface area contributed by atoms with Crippen molar-refractivity contribution < 1.29 is 4.79 Å². The summed E-state index contributed by atoms with van der Waals surface area (Å²) in [5.74, 6) is -0.0652. The first-order chi connectivity index (χ1) is 12.6. The summed E-state index contributed by atoms with van der Waals surface area (Å²) >= 11 is 12.8. The number of carbonyl (C=O) groups excluding carboxylic acids is 1. The maximum absolute atomic E-state index is 12.9. The molecule has 2 nitrogen and oxygen atoms in total. The summed E-state index contributed by atoms with van der Waals surface area (Å²) in [6.07, 6.45) is 2.11. The average Bonchev–Trinajstić information content (AvgIpc) is 2.65. The van der Waals surface area contributed by atoms with E-state index in [0.29, 0.717) is 23.0 Å². The number of halogens is 2. The largest absolute Gasteiger partial charge is 0.308 e. The highest BCUT2D eigenvalue weighted by molar-refractivity contribution is 6.42. The molecule has 1 aliphatic rings. The van der Waals surface area contributed by atoms with Crippen molar-refractivity contribution in [2.45, 2.75) is 12.3 Å². The molecule has 1 unspecified atom stereocenters. The fourth-order valence-electron chi connectivity index (χ4n) is 3.79. The first kappa shape index (κ1) is 17.1. The fourth-order valence-corrected chi connectivity index (χ4v) is 4.23. The van der Waals surface area contributed by atoms with Gasteiger partial charge in [-0.2, -0.15) is 0 Å². The predicted octanol–water partition coefficient (Wildman–Crippen LogP) is 6.20. The number of rotatable bonds is 3. The van der Waals surface area contributed by atoms with Gasteiger partial charge < -0.3 is 4.90 Å². The van der Waals surface area contributed by atoms with Crippen LogP contribution >= 0.6 is 23.2 Å². The van der Waals surface area contributed by atoms with Gasteiger partial charge in [-0.1, -0.05) is 71.7 Å². The minimum atomic E-state index is -0.129. The molecule has 1 atom stereocenters. The van der Waals surface area contributed by atoms with E-state index >= 15 is 0 Å². The normalized spacial score (nSPS) is 16.6. The van der Waals surface area contributed by atoms with Crippen LogP contribution in [0.15, 0.2) is 67.3 Å². The van der Waals surface area contributed by atoms with Gasteiger partial charge in [-0.3, -0.25) is 4.79 Å². The molecule has 0 radical (unpaired) electrons. The molecular weight excluding hydrogens is 365 g/mol. The smallest absolute Gasteiger partial charge is 0.228 e. The number of amides is 1. The van der Waals surface area contributed by atoms with Crippen molar-refractivity contribution in [3.63, 3.8) is 0 Å². The van der Waals surface area contributed by atoms with Crippen molar-refractivity contribution in [1.29, 1.82) is 0 Å². The minimum absolute atomic E-state index is 0.0636. The topological polar surface area (TPSA) is 20.3 Å². The molecule has 3 aromatic rings. The fraction of sp³-hybridized carbons (Fsp3) is 0.136. The molecule has 26 heavy (non-hydrogen) atoms. The number of benzene rings is 3. The summed E-state index contributed by atoms with van der Waals surface area (Å²) in [5, 5.41) is 3.30. The highest BCUT2D eigenvalue weighted by atomic mass is 35.5. The second-order valence-electron chi connectivity index (χ2n) is 6.41. The third kappa shape index (κ3) is 2.70. The lowest BCUT2D eigenvalue weighted by Crippen LogP contribution is -2.37. The summed E-state index contributed by atoms with van der Waals surface area (Å²) in [6, 6.07) is 17.9. The Kier molecular flexibility index (Phi) is 4.47. The molecule has 0 fully saturated rings. The van der Waals surface area contributed by atoms with Crippen molar-refractivity contribution in [2.75, 3.05) is 11.4 Å². The van der Waals surface area contributed by atoms with E-state index in [1.54, 1.807) is 17.0 Å². The van der Waals surface area contributed by atoms with Gasteiger partial charge in [0.05, 0.1) is 10.0 Å². The number of hydrogen-bond donors (Lipinski definition) is 0. The minimum Gasteiger partial charge on any atom is -0.308 e. The van der Waals surface area contributed by atoms with Crippen LogP contribution < -0.4 is 4.90 Å². The van der Waals surface area contributed by atoms with E-state index in [2.05, 4.69) is 24.8 Å². The molecule has 0 saturated heterocycles. The summed E-state index contributed by atoms with van der Waals surface area (Å²) in [5.41, 5.74) is 2.93. The maximum atomic E-state index is 12.9. The highest BCUT2D eigenvalue weighted by Gasteiger charge is 2.34. The molecule has 0 saturated carbocycles. The van der Waals surface area contributed by atoms with Gasteiger partial charge in [0.2, 0.25) is 5.91 Å². The van der Waals surface area contributed by atoms with E-state index in [9.17, 15) is 4.79 Å². The number of fused-ring (bicyclic) bond motifs is 3. The lowest BCUT2D eigenvalue weighted by Gasteiger charge is -2.35. The van der Waals surface area contributed by atoms with Crippen LogP contribution in [0.25, 0.3) is 10.8 Å². The zero-order valence-electron chi connectivity index (χ0n) is 14.1. The molecule has 3 aromatic carbocycles. The van der Waals surface area contributed by atoms with Crippen molar-refractivity contribution in [1.82, 2.24) is 0 Å². The number of carbonyl (C=O) groups is 1. The molecule has 1 heterocycles. The second kappa shape index (κ2) is 6.79. The Morgan fingerprint density at radius 3 is 2.69 bits per heavy atom. The van der Waals surface area contributed by atoms with E-state index in [1.165, 1.54) is 0 Å². The van der Waals surface area contributed by atoms with E-state index in [1.807, 2.05) is 30.3 Å². The molecule has 1 aliphatic heterocycles. The van der Waals surface area contributed by atoms with Gasteiger partial charge >= 0.3 is 0 Å². The van der Waals surface area contributed by atoms with Gasteiger partial charge in [-0.25, -0.2) is 0 Å². The Hall–Kier alpha value is -2.29. The number of anilines is 1. The zero-order valence-corrected chi connectivity index (χ0v) is 15.6. The Morgan fingerprint density at radius 1 is 1.08 bits per heavy atom. The zero-order chi connectivity index (χ0) is 18.3. The van der Waals surface area contributed by atoms with Crippen LogP contribution in [-0.4, -0.2) is 12.5 Å². The van der Waals surface area contributed by atoms with Crippen molar-refractivity contribution >= 4 is 45.6 Å². The van der Waals surface area contributed by atoms with Crippen LogP contribution in [0.1, 0.15) is 23.5 Å². The van der Waals surface area contributed by atoms with Crippen LogP contribution in [0, 0.1) is 0 Å². The van der Waals surface area contributed by atoms with Gasteiger partial charge in [0, 0.05) is 24.6 Å². The van der Waals surface area contributed by atoms with E-state index in [4.69, 9.17) is 23.2 Å². The molecule has 0 N–H and O–H groups in total. The molecule has 130 valence electrons. The number of nitrogens with zero attached hydrogens (tertiary/aromatic N) is 1. The lowest BCUT2D eigenvalue weighted by molar-refractivity contribution is -0.119. The lowest BCUT2D eigenvalue weighted by atomic mass is 9.81. The molecule has 0 aliphatic carbocycles. The van der Waals surface area contributed by atoms with Gasteiger partial charge in [0.25, 0.3) is 0 Å². The summed E-state index contributed by atoms with van der Waals surface area (Å²) in [4.78, 5) is 14.7. The first-order valence-electron chi connectivity index (χ1n) is 8.48. The van der Waals surface area contributed by atoms with Gasteiger partial charge in [0.1, 0.15) is 0 Å². The van der Waals surface area contributed by atoms with E-state index < -0.39 is 0 Å². The molecule has 0 aromatic heterocycles. The highest BCUT2D eigenvalue weighted by Crippen LogP contribution is 2.46. The molecule has 0 spiro atoms. The van der Waals surface area contributed by atoms with Gasteiger partial charge in [-0.05, 0) is 34.0 Å². The third-order valence-electron chi connectivity index (χ3n) is 4.94. The Balaban J connectivity index is 2.02. The predicted molar refractivity (Wildman–Crippen MR) is 109 cm³/mol. The average molecular weight is 382 g/mol. The van der Waals surface area contributed by atoms with Crippen molar-refractivity contribution in [3.05, 3.63) is 88.4 Å². The molecular formula is C22H17Cl2NO. The molecule has 1 amide bonds. The molecule has 0 bridgehead atoms. The van der Waals surface area contributed by atoms with Crippen LogP contribution in [-0.2, 0) is 4.79 Å². The Labute approximate surface area is 162 Å². The summed E-state index contributed by atoms with van der Waals surface area (Å²) in [7, 11) is 0. The van der Waals surface area contributed by atoms with Crippen LogP contribution in [0.3, 0.4) is 0 Å². The number of hydrogen-bond acceptors (Lipinski definition) is 1. The quantitative estimate of drug-likeness (QED) is 0.494. The second-order valence-corrected chi connectivity index (χ2v) is 7.20. The molecule has 4 heteroatoms. The SMILES string of the molecule is C=CCN1C(=O)CC(c2cccc(Cl)c2Cl)c2c1ccc1ccccc21. The van der Waals surface area contributed by atoms with Crippen LogP contribution in [0.5, 0.6) is 0 Å². The Morgan fingerprint density at radius 2 is 1.88 bits per heavy atom. The maximum Gasteiger partial charge on any atom is 0.228 e. The van der Waals surface area contributed by atoms with Gasteiger partial charge in [-0.15, -0.1) is 6.58 Å². The van der Waals surface area contributed by atoms with Crippen molar-refractivity contribution in [2.24, 2.45) is 0 Å². The molecule has 4 rings (SSSR count). The summed E-state index contributed by atoms with van der Waals surface area (Å²) < 4.78 is 0. The standard InChI is InChI=1S/C22H17Cl2NO/c1-2-12-25-19-11-10-14-6-3-4-7-15(14)21(19)17(13-20(25)26)16-8-5-9-18(23)22(16)24/h2-11,17H,1,12-13H2. The van der Waals surface area contributed by atoms with E-state index in [-0.39, 0.29) is 11.8 Å². The monoisotopic (exact) mass is 381 g/mol. The Bertz CT molecular complexity index is 1030. The van der Waals surface area contributed by atoms with Crippen LogP contribution in [0.2, 0.25) is 10.0 Å². The van der Waals surface area contributed by atoms with Crippen LogP contribution in [0.4, 0.5) is 5.69 Å². The van der Waals surface area contributed by atoms with E-state index in [0.717, 1.165) is 27.6 Å². The first-order valence-corrected chi connectivity index (χ1v) is 9.24. The third-order valence-corrected chi connectivity index (χ3v) is 5.77.